The zero-order chi connectivity index (χ0) is 15.3. The first-order valence-electron chi connectivity index (χ1n) is 8.25. The molecule has 0 aliphatic heterocycles. The lowest BCUT2D eigenvalue weighted by molar-refractivity contribution is 0.0220. The molecule has 1 atom stereocenters. The molecule has 2 saturated carbocycles. The molecule has 2 aliphatic rings. The van der Waals surface area contributed by atoms with Crippen LogP contribution in [0.2, 0.25) is 0 Å². The van der Waals surface area contributed by atoms with Crippen molar-refractivity contribution in [1.29, 1.82) is 0 Å². The van der Waals surface area contributed by atoms with Crippen LogP contribution < -0.4 is 0 Å². The van der Waals surface area contributed by atoms with Crippen molar-refractivity contribution in [3.63, 3.8) is 0 Å². The van der Waals surface area contributed by atoms with Crippen LogP contribution in [0, 0.1) is 17.3 Å². The summed E-state index contributed by atoms with van der Waals surface area (Å²) in [5, 5.41) is 0. The molecule has 0 aromatic heterocycles. The fourth-order valence-electron chi connectivity index (χ4n) is 4.60. The number of hydrogen-bond acceptors (Lipinski definition) is 4. The van der Waals surface area contributed by atoms with Gasteiger partial charge in [-0.1, -0.05) is 46.0 Å². The Bertz CT molecular complexity index is 435. The van der Waals surface area contributed by atoms with Gasteiger partial charge in [0.25, 0.3) is 0 Å². The third kappa shape index (κ3) is 3.17. The van der Waals surface area contributed by atoms with E-state index in [9.17, 15) is 9.59 Å². The molecule has 0 heterocycles. The zero-order valence-electron chi connectivity index (χ0n) is 13.2. The summed E-state index contributed by atoms with van der Waals surface area (Å²) in [6.07, 6.45) is 13.3. The fourth-order valence-corrected chi connectivity index (χ4v) is 4.60. The maximum absolute atomic E-state index is 11.1. The molecule has 21 heavy (non-hydrogen) atoms. The lowest BCUT2D eigenvalue weighted by Gasteiger charge is -2.49. The summed E-state index contributed by atoms with van der Waals surface area (Å²) >= 11 is 0. The van der Waals surface area contributed by atoms with E-state index >= 15 is 0 Å². The Labute approximate surface area is 127 Å². The predicted molar refractivity (Wildman–Crippen MR) is 81.3 cm³/mol. The van der Waals surface area contributed by atoms with E-state index in [0.29, 0.717) is 0 Å². The van der Waals surface area contributed by atoms with Gasteiger partial charge in [0.1, 0.15) is 0 Å². The first kappa shape index (κ1) is 16.1. The number of hydrogen-bond donors (Lipinski definition) is 0. The summed E-state index contributed by atoms with van der Waals surface area (Å²) in [5.74, 6) is 0.307. The topological polar surface area (TPSA) is 58.9 Å². The number of aliphatic imine (C=N–C) groups is 2. The van der Waals surface area contributed by atoms with Gasteiger partial charge in [0.05, 0.1) is 0 Å². The normalized spacial score (nSPS) is 28.8. The Hall–Kier alpha value is -1.24. The van der Waals surface area contributed by atoms with E-state index in [2.05, 4.69) is 23.8 Å². The predicted octanol–water partition coefficient (Wildman–Crippen LogP) is 4.15. The lowest BCUT2D eigenvalue weighted by Crippen LogP contribution is -2.50. The molecule has 0 aromatic carbocycles. The molecule has 0 N–H and O–H groups in total. The van der Waals surface area contributed by atoms with Gasteiger partial charge in [-0.15, -0.1) is 0 Å². The lowest BCUT2D eigenvalue weighted by atomic mass is 9.59. The quantitative estimate of drug-likeness (QED) is 0.577. The Morgan fingerprint density at radius 2 is 1.48 bits per heavy atom. The average molecular weight is 290 g/mol. The highest BCUT2D eigenvalue weighted by atomic mass is 16.1. The van der Waals surface area contributed by atoms with Crippen LogP contribution in [0.4, 0.5) is 0 Å². The second-order valence-electron chi connectivity index (χ2n) is 7.31. The minimum atomic E-state index is -0.923. The largest absolute Gasteiger partial charge is 0.237 e. The average Bonchev–Trinajstić information content (AvgIpc) is 2.47. The molecule has 4 heteroatoms. The molecule has 0 radical (unpaired) electrons. The molecule has 0 aromatic rings. The Kier molecular flexibility index (Phi) is 5.13. The van der Waals surface area contributed by atoms with Gasteiger partial charge in [-0.3, -0.25) is 0 Å². The van der Waals surface area contributed by atoms with Crippen molar-refractivity contribution in [3.05, 3.63) is 0 Å². The Balaban J connectivity index is 2.46. The molecule has 0 bridgehead atoms. The van der Waals surface area contributed by atoms with Crippen molar-refractivity contribution < 1.29 is 9.59 Å². The van der Waals surface area contributed by atoms with Gasteiger partial charge in [0.15, 0.2) is 5.66 Å². The maximum Gasteiger partial charge on any atom is 0.237 e. The molecule has 2 aliphatic carbocycles. The van der Waals surface area contributed by atoms with Crippen LogP contribution in [-0.2, 0) is 9.59 Å². The highest BCUT2D eigenvalue weighted by Crippen LogP contribution is 2.53. The van der Waals surface area contributed by atoms with Gasteiger partial charge < -0.3 is 0 Å². The van der Waals surface area contributed by atoms with Crippen molar-refractivity contribution in [2.24, 2.45) is 27.2 Å². The zero-order valence-corrected chi connectivity index (χ0v) is 13.2. The van der Waals surface area contributed by atoms with E-state index in [0.717, 1.165) is 44.9 Å². The molecule has 116 valence electrons. The second-order valence-corrected chi connectivity index (χ2v) is 7.31. The molecule has 0 amide bonds. The SMILES string of the molecule is CC1(C)CCCCC1C(N=C=O)(N=C=O)C1CCCCC1. The van der Waals surface area contributed by atoms with Gasteiger partial charge >= 0.3 is 0 Å². The first-order valence-corrected chi connectivity index (χ1v) is 8.25. The van der Waals surface area contributed by atoms with E-state index in [1.807, 2.05) is 0 Å². The van der Waals surface area contributed by atoms with Gasteiger partial charge in [0, 0.05) is 11.8 Å². The van der Waals surface area contributed by atoms with E-state index < -0.39 is 5.66 Å². The van der Waals surface area contributed by atoms with Crippen molar-refractivity contribution >= 4 is 12.2 Å². The minimum absolute atomic E-state index is 0.0381. The molecule has 1 unspecified atom stereocenters. The van der Waals surface area contributed by atoms with E-state index in [-0.39, 0.29) is 17.3 Å². The summed E-state index contributed by atoms with van der Waals surface area (Å²) < 4.78 is 0. The van der Waals surface area contributed by atoms with Crippen LogP contribution in [0.3, 0.4) is 0 Å². The molecule has 0 spiro atoms. The summed E-state index contributed by atoms with van der Waals surface area (Å²) in [6.45, 7) is 4.43. The number of carbonyl (C=O) groups excluding carboxylic acids is 2. The molecular formula is C17H26N2O2. The van der Waals surface area contributed by atoms with E-state index in [1.54, 1.807) is 12.2 Å². The van der Waals surface area contributed by atoms with Crippen LogP contribution in [0.5, 0.6) is 0 Å². The van der Waals surface area contributed by atoms with E-state index in [4.69, 9.17) is 0 Å². The summed E-state index contributed by atoms with van der Waals surface area (Å²) in [5.41, 5.74) is -0.885. The van der Waals surface area contributed by atoms with Crippen LogP contribution in [0.1, 0.15) is 71.6 Å². The summed E-state index contributed by atoms with van der Waals surface area (Å²) in [6, 6.07) is 0. The highest BCUT2D eigenvalue weighted by molar-refractivity contribution is 5.40. The smallest absolute Gasteiger partial charge is 0.211 e. The summed E-state index contributed by atoms with van der Waals surface area (Å²) in [4.78, 5) is 30.5. The third-order valence-electron chi connectivity index (χ3n) is 5.68. The van der Waals surface area contributed by atoms with E-state index in [1.165, 1.54) is 12.8 Å². The van der Waals surface area contributed by atoms with Crippen LogP contribution in [0.25, 0.3) is 0 Å². The van der Waals surface area contributed by atoms with Crippen molar-refractivity contribution in [3.8, 4) is 0 Å². The molecule has 2 rings (SSSR count). The molecule has 0 saturated heterocycles. The minimum Gasteiger partial charge on any atom is -0.211 e. The van der Waals surface area contributed by atoms with Gasteiger partial charge in [-0.2, -0.15) is 9.98 Å². The van der Waals surface area contributed by atoms with Gasteiger partial charge in [-0.25, -0.2) is 9.59 Å². The number of nitrogens with zero attached hydrogens (tertiary/aromatic N) is 2. The molecule has 2 fully saturated rings. The molecular weight excluding hydrogens is 264 g/mol. The van der Waals surface area contributed by atoms with Crippen molar-refractivity contribution in [2.45, 2.75) is 77.3 Å². The monoisotopic (exact) mass is 290 g/mol. The van der Waals surface area contributed by atoms with Crippen LogP contribution in [-0.4, -0.2) is 17.8 Å². The van der Waals surface area contributed by atoms with Crippen molar-refractivity contribution in [1.82, 2.24) is 0 Å². The second kappa shape index (κ2) is 6.68. The maximum atomic E-state index is 11.1. The van der Waals surface area contributed by atoms with Crippen LogP contribution >= 0.6 is 0 Å². The number of rotatable bonds is 4. The van der Waals surface area contributed by atoms with Gasteiger partial charge in [0.2, 0.25) is 12.2 Å². The first-order chi connectivity index (χ1) is 10.1. The number of isocyanates is 2. The Morgan fingerprint density at radius 3 is 2.00 bits per heavy atom. The third-order valence-corrected chi connectivity index (χ3v) is 5.68. The Morgan fingerprint density at radius 1 is 0.905 bits per heavy atom. The van der Waals surface area contributed by atoms with Gasteiger partial charge in [-0.05, 0) is 31.1 Å². The standard InChI is InChI=1S/C17H26N2O2/c1-16(2)11-7-6-10-15(16)17(18-12-20,19-13-21)14-8-4-3-5-9-14/h14-15H,3-11H2,1-2H3. The highest BCUT2D eigenvalue weighted by Gasteiger charge is 2.52. The van der Waals surface area contributed by atoms with Crippen molar-refractivity contribution in [2.75, 3.05) is 0 Å². The summed E-state index contributed by atoms with van der Waals surface area (Å²) in [7, 11) is 0. The fraction of sp³-hybridized carbons (Fsp3) is 0.882. The molecule has 4 nitrogen and oxygen atoms in total. The van der Waals surface area contributed by atoms with Crippen LogP contribution in [0.15, 0.2) is 9.98 Å².